The molecule has 7 nitrogen and oxygen atoms in total. The number of nitrogens with zero attached hydrogens (tertiary/aromatic N) is 1. The highest BCUT2D eigenvalue weighted by Gasteiger charge is 2.56. The smallest absolute Gasteiger partial charge is 0.0611 e. The van der Waals surface area contributed by atoms with Gasteiger partial charge in [0.1, 0.15) is 0 Å². The fourth-order valence-electron chi connectivity index (χ4n) is 10.4. The summed E-state index contributed by atoms with van der Waals surface area (Å²) in [6.07, 6.45) is 24.2. The first-order valence-corrected chi connectivity index (χ1v) is 22.0. The van der Waals surface area contributed by atoms with Crippen LogP contribution in [0, 0.1) is 40.9 Å². The highest BCUT2D eigenvalue weighted by molar-refractivity contribution is 5.05. The molecule has 7 heteroatoms. The number of fused-ring (bicyclic) bond motifs is 3. The van der Waals surface area contributed by atoms with Gasteiger partial charge in [0.15, 0.2) is 0 Å². The fourth-order valence-corrected chi connectivity index (χ4v) is 10.4. The first kappa shape index (κ1) is 44.1. The molecule has 0 aliphatic heterocycles. The number of rotatable bonds is 25. The number of unbranched alkanes of at least 4 members (excludes halogenated alkanes) is 4. The molecule has 0 spiro atoms. The van der Waals surface area contributed by atoms with Gasteiger partial charge in [-0.15, -0.1) is 0 Å². The molecule has 0 saturated heterocycles. The first-order chi connectivity index (χ1) is 24.3. The lowest BCUT2D eigenvalue weighted by Gasteiger charge is -2.59. The Hall–Kier alpha value is -0.280. The Morgan fingerprint density at radius 1 is 0.680 bits per heavy atom. The second-order valence-corrected chi connectivity index (χ2v) is 17.4. The molecule has 3 aliphatic carbocycles. The van der Waals surface area contributed by atoms with Crippen molar-refractivity contribution in [2.45, 2.75) is 175 Å². The van der Waals surface area contributed by atoms with Gasteiger partial charge in [-0.1, -0.05) is 66.7 Å². The number of hydrogen-bond donors (Lipinski definition) is 3. The molecule has 3 saturated carbocycles. The number of nitrogens with two attached hydrogens (primary N) is 3. The summed E-state index contributed by atoms with van der Waals surface area (Å²) in [5.74, 6) is 3.86. The van der Waals surface area contributed by atoms with Crippen LogP contribution in [0.25, 0.3) is 0 Å². The molecule has 3 rings (SSSR count). The van der Waals surface area contributed by atoms with Crippen molar-refractivity contribution in [3.8, 4) is 0 Å². The molecule has 50 heavy (non-hydrogen) atoms. The van der Waals surface area contributed by atoms with Crippen LogP contribution in [0.15, 0.2) is 0 Å². The Kier molecular flexibility index (Phi) is 22.0. The van der Waals surface area contributed by atoms with Crippen molar-refractivity contribution < 1.29 is 14.2 Å². The molecule has 0 aromatic heterocycles. The molecule has 0 radical (unpaired) electrons. The maximum absolute atomic E-state index is 6.89. The van der Waals surface area contributed by atoms with Crippen LogP contribution in [0.2, 0.25) is 0 Å². The predicted octanol–water partition coefficient (Wildman–Crippen LogP) is 8.56. The van der Waals surface area contributed by atoms with E-state index in [1.165, 1.54) is 103 Å². The molecular weight excluding hydrogens is 620 g/mol. The van der Waals surface area contributed by atoms with E-state index in [0.29, 0.717) is 73.0 Å². The van der Waals surface area contributed by atoms with Gasteiger partial charge in [0.05, 0.1) is 18.3 Å². The van der Waals surface area contributed by atoms with E-state index in [4.69, 9.17) is 31.4 Å². The van der Waals surface area contributed by atoms with Crippen molar-refractivity contribution in [2.24, 2.45) is 58.1 Å². The highest BCUT2D eigenvalue weighted by Crippen LogP contribution is 2.60. The van der Waals surface area contributed by atoms with Crippen LogP contribution in [0.3, 0.4) is 0 Å². The molecule has 0 aromatic carbocycles. The van der Waals surface area contributed by atoms with Crippen LogP contribution >= 0.6 is 0 Å². The van der Waals surface area contributed by atoms with Crippen LogP contribution in [0.5, 0.6) is 0 Å². The molecular formula is C43H86N4O3. The predicted molar refractivity (Wildman–Crippen MR) is 212 cm³/mol. The van der Waals surface area contributed by atoms with E-state index < -0.39 is 0 Å². The van der Waals surface area contributed by atoms with E-state index >= 15 is 0 Å². The summed E-state index contributed by atoms with van der Waals surface area (Å²) in [6.45, 7) is 20.7. The van der Waals surface area contributed by atoms with Crippen LogP contribution in [0.4, 0.5) is 0 Å². The molecule has 3 aliphatic rings. The van der Waals surface area contributed by atoms with Gasteiger partial charge in [-0.2, -0.15) is 0 Å². The van der Waals surface area contributed by atoms with Crippen molar-refractivity contribution in [1.82, 2.24) is 4.90 Å². The molecule has 0 amide bonds. The fraction of sp³-hybridized carbons (Fsp3) is 1.00. The molecule has 10 atom stereocenters. The third kappa shape index (κ3) is 14.2. The molecule has 6 N–H and O–H groups in total. The van der Waals surface area contributed by atoms with Crippen LogP contribution < -0.4 is 17.2 Å². The van der Waals surface area contributed by atoms with Gasteiger partial charge in [0, 0.05) is 19.8 Å². The zero-order valence-electron chi connectivity index (χ0n) is 33.9. The Bertz CT molecular complexity index is 839. The summed E-state index contributed by atoms with van der Waals surface area (Å²) in [5.41, 5.74) is 18.1. The Balaban J connectivity index is 1.78. The summed E-state index contributed by atoms with van der Waals surface area (Å²) in [4.78, 5) is 2.78. The first-order valence-electron chi connectivity index (χ1n) is 22.0. The van der Waals surface area contributed by atoms with Crippen LogP contribution in [-0.2, 0) is 14.2 Å². The van der Waals surface area contributed by atoms with E-state index in [2.05, 4.69) is 39.5 Å². The molecule has 0 aromatic rings. The summed E-state index contributed by atoms with van der Waals surface area (Å²) in [7, 11) is 0. The lowest BCUT2D eigenvalue weighted by molar-refractivity contribution is -0.168. The van der Waals surface area contributed by atoms with Crippen LogP contribution in [-0.4, -0.2) is 82.3 Å². The molecule has 0 heterocycles. The van der Waals surface area contributed by atoms with Crippen molar-refractivity contribution in [2.75, 3.05) is 59.1 Å². The standard InChI is InChI=1S/C43H86N4O3/c1-6-8-10-24-47(25-11-9-7-2)26-12-16-34(3)36-18-17-35(4)42-40(33-39(30-36)49-28-14-22-45)43(5)20-19-38(48-27-13-21-44)31-37(43)32-41(42)50-29-15-23-46/h34-42H,6-33,44-46H2,1-5H3. The number of ether oxygens (including phenoxy) is 3. The normalized spacial score (nSPS) is 32.6. The number of hydrogen-bond acceptors (Lipinski definition) is 7. The van der Waals surface area contributed by atoms with Crippen molar-refractivity contribution in [1.29, 1.82) is 0 Å². The summed E-state index contributed by atoms with van der Waals surface area (Å²) in [5, 5.41) is 0. The zero-order chi connectivity index (χ0) is 36.2. The van der Waals surface area contributed by atoms with Gasteiger partial charge in [-0.3, -0.25) is 0 Å². The van der Waals surface area contributed by atoms with Gasteiger partial charge in [0.25, 0.3) is 0 Å². The zero-order valence-corrected chi connectivity index (χ0v) is 33.9. The largest absolute Gasteiger partial charge is 0.378 e. The van der Waals surface area contributed by atoms with E-state index in [1.807, 2.05) is 0 Å². The molecule has 3 fully saturated rings. The van der Waals surface area contributed by atoms with Crippen molar-refractivity contribution >= 4 is 0 Å². The second kappa shape index (κ2) is 24.9. The van der Waals surface area contributed by atoms with Gasteiger partial charge in [-0.25, -0.2) is 0 Å². The third-order valence-electron chi connectivity index (χ3n) is 13.7. The lowest BCUT2D eigenvalue weighted by Crippen LogP contribution is -2.55. The minimum absolute atomic E-state index is 0.292. The minimum atomic E-state index is 0.292. The Morgan fingerprint density at radius 2 is 1.28 bits per heavy atom. The quantitative estimate of drug-likeness (QED) is 0.0817. The van der Waals surface area contributed by atoms with E-state index in [1.54, 1.807) is 0 Å². The van der Waals surface area contributed by atoms with Crippen LogP contribution in [0.1, 0.15) is 157 Å². The van der Waals surface area contributed by atoms with E-state index in [9.17, 15) is 0 Å². The average molecular weight is 707 g/mol. The average Bonchev–Trinajstić information content (AvgIpc) is 3.17. The summed E-state index contributed by atoms with van der Waals surface area (Å²) >= 11 is 0. The minimum Gasteiger partial charge on any atom is -0.378 e. The van der Waals surface area contributed by atoms with Gasteiger partial charge in [-0.05, 0) is 170 Å². The SMILES string of the molecule is CCCCCN(CCCCC)CCCC(C)C1CCC(C)C2C(OCCCN)CC3CC(OCCCN)CCC3(C)C2CC(OCCCN)C1. The molecule has 10 unspecified atom stereocenters. The monoisotopic (exact) mass is 707 g/mol. The second-order valence-electron chi connectivity index (χ2n) is 17.4. The molecule has 296 valence electrons. The Labute approximate surface area is 310 Å². The van der Waals surface area contributed by atoms with Gasteiger partial charge >= 0.3 is 0 Å². The van der Waals surface area contributed by atoms with Gasteiger partial charge < -0.3 is 36.3 Å². The lowest BCUT2D eigenvalue weighted by atomic mass is 9.49. The van der Waals surface area contributed by atoms with Crippen molar-refractivity contribution in [3.63, 3.8) is 0 Å². The third-order valence-corrected chi connectivity index (χ3v) is 13.7. The van der Waals surface area contributed by atoms with E-state index in [-0.39, 0.29) is 0 Å². The van der Waals surface area contributed by atoms with E-state index in [0.717, 1.165) is 64.3 Å². The summed E-state index contributed by atoms with van der Waals surface area (Å²) < 4.78 is 20.2. The Morgan fingerprint density at radius 3 is 1.90 bits per heavy atom. The maximum atomic E-state index is 6.89. The van der Waals surface area contributed by atoms with Gasteiger partial charge in [0.2, 0.25) is 0 Å². The topological polar surface area (TPSA) is 109 Å². The van der Waals surface area contributed by atoms with Crippen molar-refractivity contribution in [3.05, 3.63) is 0 Å². The maximum Gasteiger partial charge on any atom is 0.0611 e. The summed E-state index contributed by atoms with van der Waals surface area (Å²) in [6, 6.07) is 0. The molecule has 0 bridgehead atoms. The highest BCUT2D eigenvalue weighted by atomic mass is 16.5.